The zero-order chi connectivity index (χ0) is 30.1. The van der Waals surface area contributed by atoms with Crippen molar-refractivity contribution in [2.24, 2.45) is 11.8 Å². The molecule has 1 saturated carbocycles. The van der Waals surface area contributed by atoms with Crippen molar-refractivity contribution in [1.29, 1.82) is 0 Å². The van der Waals surface area contributed by atoms with Gasteiger partial charge in [0.1, 0.15) is 11.6 Å². The average Bonchev–Trinajstić information content (AvgIpc) is 3.57. The molecule has 0 aromatic heterocycles. The number of aliphatic hydroxyl groups excluding tert-OH is 1. The van der Waals surface area contributed by atoms with Crippen LogP contribution in [-0.2, 0) is 25.7 Å². The van der Waals surface area contributed by atoms with Gasteiger partial charge in [0.05, 0.1) is 30.1 Å². The molecule has 3 heterocycles. The molecule has 1 aromatic carbocycles. The molecule has 3 saturated heterocycles. The van der Waals surface area contributed by atoms with Crippen LogP contribution in [0.2, 0.25) is 0 Å². The molecule has 42 heavy (non-hydrogen) atoms. The summed E-state index contributed by atoms with van der Waals surface area (Å²) in [5.41, 5.74) is -0.998. The van der Waals surface area contributed by atoms with Gasteiger partial charge in [0.15, 0.2) is 0 Å². The number of amides is 3. The van der Waals surface area contributed by atoms with Crippen molar-refractivity contribution < 1.29 is 24.2 Å². The first kappa shape index (κ1) is 30.5. The molecule has 1 aliphatic carbocycles. The summed E-state index contributed by atoms with van der Waals surface area (Å²) < 4.78 is 6.88. The fourth-order valence-electron chi connectivity index (χ4n) is 8.32. The van der Waals surface area contributed by atoms with Gasteiger partial charge in [0.25, 0.3) is 0 Å². The fraction of sp³-hybridized carbons (Fsp3) is 0.618. The number of carbonyl (C=O) groups excluding carboxylic acids is 3. The maximum atomic E-state index is 14.7. The largest absolute Gasteiger partial charge is 0.394 e. The van der Waals surface area contributed by atoms with Crippen LogP contribution in [0.3, 0.4) is 0 Å². The van der Waals surface area contributed by atoms with Crippen LogP contribution < -0.4 is 0 Å². The van der Waals surface area contributed by atoms with Crippen molar-refractivity contribution in [2.45, 2.75) is 101 Å². The van der Waals surface area contributed by atoms with Crippen LogP contribution in [0.25, 0.3) is 0 Å². The Morgan fingerprint density at radius 2 is 1.79 bits per heavy atom. The first-order valence-electron chi connectivity index (χ1n) is 15.7. The van der Waals surface area contributed by atoms with E-state index in [2.05, 4.69) is 13.2 Å². The highest BCUT2D eigenvalue weighted by Crippen LogP contribution is 2.64. The molecule has 4 fully saturated rings. The molecule has 0 radical (unpaired) electrons. The van der Waals surface area contributed by atoms with Crippen molar-refractivity contribution in [2.75, 3.05) is 19.7 Å². The highest BCUT2D eigenvalue weighted by Gasteiger charge is 2.78. The maximum absolute atomic E-state index is 14.7. The molecule has 8 nitrogen and oxygen atoms in total. The Morgan fingerprint density at radius 3 is 2.40 bits per heavy atom. The van der Waals surface area contributed by atoms with E-state index in [4.69, 9.17) is 4.74 Å². The molecule has 2 unspecified atom stereocenters. The summed E-state index contributed by atoms with van der Waals surface area (Å²) in [4.78, 5) is 49.0. The predicted octanol–water partition coefficient (Wildman–Crippen LogP) is 4.08. The van der Waals surface area contributed by atoms with Gasteiger partial charge in [0, 0.05) is 25.7 Å². The molecule has 3 aliphatic heterocycles. The number of nitrogens with zero attached hydrogens (tertiary/aromatic N) is 3. The van der Waals surface area contributed by atoms with Gasteiger partial charge < -0.3 is 24.5 Å². The Bertz CT molecular complexity index is 1180. The van der Waals surface area contributed by atoms with E-state index >= 15 is 0 Å². The van der Waals surface area contributed by atoms with Gasteiger partial charge in [-0.05, 0) is 44.6 Å². The first-order chi connectivity index (χ1) is 20.3. The summed E-state index contributed by atoms with van der Waals surface area (Å²) in [5.74, 6) is -2.08. The molecule has 1 spiro atoms. The normalized spacial score (nSPS) is 31.1. The molecule has 3 amide bonds. The lowest BCUT2D eigenvalue weighted by Crippen LogP contribution is -2.60. The minimum atomic E-state index is -1.12. The third-order valence-corrected chi connectivity index (χ3v) is 10.3. The van der Waals surface area contributed by atoms with Crippen molar-refractivity contribution in [3.05, 3.63) is 61.2 Å². The summed E-state index contributed by atoms with van der Waals surface area (Å²) in [6, 6.07) is 8.43. The molecular weight excluding hydrogens is 530 g/mol. The van der Waals surface area contributed by atoms with Crippen molar-refractivity contribution in [1.82, 2.24) is 14.7 Å². The number of carbonyl (C=O) groups is 3. The summed E-state index contributed by atoms with van der Waals surface area (Å²) in [7, 11) is 0. The predicted molar refractivity (Wildman–Crippen MR) is 161 cm³/mol. The van der Waals surface area contributed by atoms with E-state index in [1.807, 2.05) is 49.1 Å². The van der Waals surface area contributed by atoms with E-state index < -0.39 is 35.1 Å². The second-order valence-electron chi connectivity index (χ2n) is 12.8. The number of rotatable bonds is 12. The molecule has 228 valence electrons. The van der Waals surface area contributed by atoms with Crippen LogP contribution in [0.1, 0.15) is 70.8 Å². The Morgan fingerprint density at radius 1 is 1.10 bits per heavy atom. The molecule has 1 aromatic rings. The number of benzene rings is 1. The number of hydrogen-bond donors (Lipinski definition) is 1. The average molecular weight is 578 g/mol. The Kier molecular flexibility index (Phi) is 8.95. The quantitative estimate of drug-likeness (QED) is 0.378. The van der Waals surface area contributed by atoms with Gasteiger partial charge >= 0.3 is 0 Å². The molecule has 8 heteroatoms. The second-order valence-corrected chi connectivity index (χ2v) is 12.8. The number of hydrogen-bond acceptors (Lipinski definition) is 5. The van der Waals surface area contributed by atoms with Crippen LogP contribution in [0, 0.1) is 11.8 Å². The highest BCUT2D eigenvalue weighted by atomic mass is 16.5. The lowest BCUT2D eigenvalue weighted by Gasteiger charge is -2.42. The molecular formula is C34H47N3O5. The van der Waals surface area contributed by atoms with Crippen LogP contribution >= 0.6 is 0 Å². The lowest BCUT2D eigenvalue weighted by atomic mass is 9.66. The maximum Gasteiger partial charge on any atom is 0.248 e. The Balaban J connectivity index is 1.55. The molecule has 2 bridgehead atoms. The Hall–Kier alpha value is -2.97. The Labute approximate surface area is 250 Å². The van der Waals surface area contributed by atoms with Crippen LogP contribution in [-0.4, -0.2) is 86.6 Å². The zero-order valence-corrected chi connectivity index (χ0v) is 25.2. The summed E-state index contributed by atoms with van der Waals surface area (Å²) in [5, 5.41) is 10.4. The van der Waals surface area contributed by atoms with Gasteiger partial charge in [-0.15, -0.1) is 13.2 Å². The van der Waals surface area contributed by atoms with Crippen molar-refractivity contribution >= 4 is 17.7 Å². The van der Waals surface area contributed by atoms with E-state index in [1.54, 1.807) is 22.0 Å². The van der Waals surface area contributed by atoms with Crippen molar-refractivity contribution in [3.63, 3.8) is 0 Å². The number of fused-ring (bicyclic) bond motifs is 1. The number of ether oxygens (including phenoxy) is 1. The topological polar surface area (TPSA) is 90.4 Å². The fourth-order valence-corrected chi connectivity index (χ4v) is 8.32. The van der Waals surface area contributed by atoms with E-state index in [0.29, 0.717) is 38.9 Å². The van der Waals surface area contributed by atoms with Gasteiger partial charge in [-0.1, -0.05) is 68.7 Å². The minimum Gasteiger partial charge on any atom is -0.394 e. The molecule has 6 atom stereocenters. The molecule has 4 aliphatic rings. The zero-order valence-electron chi connectivity index (χ0n) is 25.2. The van der Waals surface area contributed by atoms with Crippen LogP contribution in [0.15, 0.2) is 55.6 Å². The van der Waals surface area contributed by atoms with E-state index in [1.165, 1.54) is 0 Å². The van der Waals surface area contributed by atoms with Gasteiger partial charge in [-0.2, -0.15) is 0 Å². The highest BCUT2D eigenvalue weighted by molar-refractivity contribution is 5.99. The third kappa shape index (κ3) is 5.00. The third-order valence-electron chi connectivity index (χ3n) is 10.3. The standard InChI is InChI=1S/C34H47N3O5/c1-5-20-35(22-24-14-10-8-11-15-24)30(39)27-28-31(40)37(25(7-3)23-38)29(34(28)19-18-33(27,4)42-34)32(41)36(21-6-2)26-16-12-9-13-17-26/h5-6,8,10-11,14-15,25-29,38H,1-2,7,9,12-13,16-23H2,3-4H3/t25-,27+,28-,29?,33-,34?/m0/s1. The number of likely N-dealkylation sites (tertiary alicyclic amines) is 1. The second kappa shape index (κ2) is 12.3. The first-order valence-corrected chi connectivity index (χ1v) is 15.7. The van der Waals surface area contributed by atoms with Crippen molar-refractivity contribution in [3.8, 4) is 0 Å². The van der Waals surface area contributed by atoms with E-state index in [-0.39, 0.29) is 30.4 Å². The monoisotopic (exact) mass is 577 g/mol. The van der Waals surface area contributed by atoms with Gasteiger partial charge in [0.2, 0.25) is 17.7 Å². The van der Waals surface area contributed by atoms with E-state index in [9.17, 15) is 19.5 Å². The van der Waals surface area contributed by atoms with Gasteiger partial charge in [-0.25, -0.2) is 0 Å². The van der Waals surface area contributed by atoms with Crippen LogP contribution in [0.4, 0.5) is 0 Å². The summed E-state index contributed by atoms with van der Waals surface area (Å²) in [6.07, 6.45) is 10.2. The molecule has 1 N–H and O–H groups in total. The smallest absolute Gasteiger partial charge is 0.248 e. The SMILES string of the molecule is C=CCN(Cc1ccccc1)C(=O)[C@H]1[C@H]2C(=O)N([C@@H](CC)CO)C(C(=O)N(CC=C)C3CCCCC3)C23CC[C@]1(C)O3. The van der Waals surface area contributed by atoms with Gasteiger partial charge in [-0.3, -0.25) is 14.4 Å². The summed E-state index contributed by atoms with van der Waals surface area (Å²) >= 11 is 0. The van der Waals surface area contributed by atoms with Crippen LogP contribution in [0.5, 0.6) is 0 Å². The molecule has 5 rings (SSSR count). The lowest BCUT2D eigenvalue weighted by molar-refractivity contribution is -0.158. The number of aliphatic hydroxyl groups is 1. The minimum absolute atomic E-state index is 0.0754. The summed E-state index contributed by atoms with van der Waals surface area (Å²) in [6.45, 7) is 12.5. The van der Waals surface area contributed by atoms with E-state index in [0.717, 1.165) is 37.7 Å².